The number of rotatable bonds is 3. The summed E-state index contributed by atoms with van der Waals surface area (Å²) in [4.78, 5) is 0. The highest BCUT2D eigenvalue weighted by Gasteiger charge is 2.11. The Hall–Kier alpha value is -0.320. The van der Waals surface area contributed by atoms with Crippen molar-refractivity contribution in [1.29, 1.82) is 0 Å². The minimum Gasteiger partial charge on any atom is -0.457 e. The van der Waals surface area contributed by atoms with Crippen LogP contribution in [0.3, 0.4) is 0 Å². The largest absolute Gasteiger partial charge is 0.457 e. The molecule has 0 saturated heterocycles. The highest BCUT2D eigenvalue weighted by atomic mass is 79.9. The molecule has 11 heavy (non-hydrogen) atoms. The summed E-state index contributed by atoms with van der Waals surface area (Å²) in [6.45, 7) is 0.471. The third kappa shape index (κ3) is 2.05. The van der Waals surface area contributed by atoms with E-state index in [-0.39, 0.29) is 0 Å². The zero-order chi connectivity index (χ0) is 8.27. The molecule has 4 heteroatoms. The van der Waals surface area contributed by atoms with E-state index in [4.69, 9.17) is 10.2 Å². The second kappa shape index (κ2) is 3.90. The Morgan fingerprint density at radius 3 is 2.91 bits per heavy atom. The molecule has 1 rings (SSSR count). The predicted molar refractivity (Wildman–Crippen MR) is 45.0 cm³/mol. The van der Waals surface area contributed by atoms with E-state index < -0.39 is 6.10 Å². The van der Waals surface area contributed by atoms with Crippen LogP contribution in [0.2, 0.25) is 0 Å². The average molecular weight is 220 g/mol. The van der Waals surface area contributed by atoms with Crippen LogP contribution in [0.25, 0.3) is 0 Å². The van der Waals surface area contributed by atoms with Gasteiger partial charge in [-0.15, -0.1) is 0 Å². The number of aliphatic hydroxyl groups is 1. The SMILES string of the molecule is NCCC(O)c1ccoc1Br. The minimum atomic E-state index is -0.520. The van der Waals surface area contributed by atoms with Gasteiger partial charge in [0.25, 0.3) is 0 Å². The molecule has 62 valence electrons. The Morgan fingerprint density at radius 2 is 2.45 bits per heavy atom. The minimum absolute atomic E-state index is 0.471. The fourth-order valence-corrected chi connectivity index (χ4v) is 1.36. The molecule has 0 aliphatic carbocycles. The van der Waals surface area contributed by atoms with E-state index in [1.807, 2.05) is 0 Å². The van der Waals surface area contributed by atoms with E-state index in [1.54, 1.807) is 6.07 Å². The van der Waals surface area contributed by atoms with Crippen LogP contribution in [0.5, 0.6) is 0 Å². The molecule has 1 atom stereocenters. The van der Waals surface area contributed by atoms with Crippen LogP contribution in [-0.2, 0) is 0 Å². The summed E-state index contributed by atoms with van der Waals surface area (Å²) in [6.07, 6.45) is 1.56. The van der Waals surface area contributed by atoms with Crippen LogP contribution < -0.4 is 5.73 Å². The lowest BCUT2D eigenvalue weighted by atomic mass is 10.1. The molecule has 0 fully saturated rings. The van der Waals surface area contributed by atoms with Gasteiger partial charge in [-0.2, -0.15) is 0 Å². The zero-order valence-electron chi connectivity index (χ0n) is 5.96. The molecule has 0 radical (unpaired) electrons. The normalized spacial score (nSPS) is 13.4. The van der Waals surface area contributed by atoms with Crippen molar-refractivity contribution in [2.45, 2.75) is 12.5 Å². The fraction of sp³-hybridized carbons (Fsp3) is 0.429. The van der Waals surface area contributed by atoms with E-state index in [0.717, 1.165) is 5.56 Å². The lowest BCUT2D eigenvalue weighted by Crippen LogP contribution is -2.06. The van der Waals surface area contributed by atoms with E-state index in [0.29, 0.717) is 17.6 Å². The zero-order valence-corrected chi connectivity index (χ0v) is 7.54. The summed E-state index contributed by atoms with van der Waals surface area (Å²) in [5.74, 6) is 0. The van der Waals surface area contributed by atoms with Gasteiger partial charge < -0.3 is 15.3 Å². The first kappa shape index (κ1) is 8.77. The van der Waals surface area contributed by atoms with Crippen LogP contribution in [0.4, 0.5) is 0 Å². The van der Waals surface area contributed by atoms with Crippen molar-refractivity contribution in [2.24, 2.45) is 5.73 Å². The highest BCUT2D eigenvalue weighted by molar-refractivity contribution is 9.10. The van der Waals surface area contributed by atoms with Crippen LogP contribution in [0, 0.1) is 0 Å². The Labute approximate surface area is 73.3 Å². The maximum absolute atomic E-state index is 9.42. The molecule has 0 aliphatic heterocycles. The molecule has 0 saturated carbocycles. The van der Waals surface area contributed by atoms with Crippen LogP contribution in [0.1, 0.15) is 18.1 Å². The predicted octanol–water partition coefficient (Wildman–Crippen LogP) is 1.42. The van der Waals surface area contributed by atoms with Crippen molar-refractivity contribution in [3.05, 3.63) is 22.6 Å². The molecule has 3 N–H and O–H groups in total. The van der Waals surface area contributed by atoms with Gasteiger partial charge >= 0.3 is 0 Å². The van der Waals surface area contributed by atoms with E-state index in [9.17, 15) is 5.11 Å². The molecule has 0 aliphatic rings. The number of aliphatic hydroxyl groups excluding tert-OH is 1. The van der Waals surface area contributed by atoms with Crippen LogP contribution >= 0.6 is 15.9 Å². The van der Waals surface area contributed by atoms with Crippen LogP contribution in [0.15, 0.2) is 21.4 Å². The lowest BCUT2D eigenvalue weighted by molar-refractivity contribution is 0.168. The Balaban J connectivity index is 2.67. The summed E-state index contributed by atoms with van der Waals surface area (Å²) in [6, 6.07) is 1.73. The fourth-order valence-electron chi connectivity index (χ4n) is 0.856. The molecule has 0 amide bonds. The summed E-state index contributed by atoms with van der Waals surface area (Å²) < 4.78 is 5.53. The molecule has 0 spiro atoms. The topological polar surface area (TPSA) is 59.4 Å². The van der Waals surface area contributed by atoms with Gasteiger partial charge in [-0.05, 0) is 35.0 Å². The van der Waals surface area contributed by atoms with Crippen LogP contribution in [-0.4, -0.2) is 11.7 Å². The van der Waals surface area contributed by atoms with Gasteiger partial charge in [0.2, 0.25) is 0 Å². The molecule has 0 bridgehead atoms. The van der Waals surface area contributed by atoms with Crippen molar-refractivity contribution in [3.8, 4) is 0 Å². The average Bonchev–Trinajstić information content (AvgIpc) is 2.36. The molecule has 1 aromatic heterocycles. The van der Waals surface area contributed by atoms with Crippen molar-refractivity contribution in [1.82, 2.24) is 0 Å². The number of halogens is 1. The quantitative estimate of drug-likeness (QED) is 0.809. The van der Waals surface area contributed by atoms with Crippen molar-refractivity contribution in [3.63, 3.8) is 0 Å². The van der Waals surface area contributed by atoms with Gasteiger partial charge in [0.1, 0.15) is 0 Å². The van der Waals surface area contributed by atoms with Gasteiger partial charge in [-0.1, -0.05) is 0 Å². The molecule has 1 heterocycles. The first-order valence-corrected chi connectivity index (χ1v) is 4.16. The van der Waals surface area contributed by atoms with Crippen molar-refractivity contribution >= 4 is 15.9 Å². The van der Waals surface area contributed by atoms with E-state index in [1.165, 1.54) is 6.26 Å². The molecule has 1 unspecified atom stereocenters. The number of nitrogens with two attached hydrogens (primary N) is 1. The molecular formula is C7H10BrNO2. The van der Waals surface area contributed by atoms with E-state index >= 15 is 0 Å². The Kier molecular flexibility index (Phi) is 3.11. The molecule has 1 aromatic rings. The van der Waals surface area contributed by atoms with Gasteiger partial charge in [-0.3, -0.25) is 0 Å². The van der Waals surface area contributed by atoms with Crippen molar-refractivity contribution < 1.29 is 9.52 Å². The smallest absolute Gasteiger partial charge is 0.174 e. The Morgan fingerprint density at radius 1 is 1.73 bits per heavy atom. The first-order chi connectivity index (χ1) is 5.25. The first-order valence-electron chi connectivity index (χ1n) is 3.36. The van der Waals surface area contributed by atoms with Gasteiger partial charge in [-0.25, -0.2) is 0 Å². The maximum atomic E-state index is 9.42. The van der Waals surface area contributed by atoms with Crippen molar-refractivity contribution in [2.75, 3.05) is 6.54 Å². The second-order valence-corrected chi connectivity index (χ2v) is 2.96. The van der Waals surface area contributed by atoms with Gasteiger partial charge in [0, 0.05) is 5.56 Å². The lowest BCUT2D eigenvalue weighted by Gasteiger charge is -2.05. The summed E-state index contributed by atoms with van der Waals surface area (Å²) in [5, 5.41) is 9.42. The standard InChI is InChI=1S/C7H10BrNO2/c8-7-5(2-4-11-7)6(10)1-3-9/h2,4,6,10H,1,3,9H2. The van der Waals surface area contributed by atoms with Gasteiger partial charge in [0.15, 0.2) is 4.67 Å². The third-order valence-electron chi connectivity index (χ3n) is 1.45. The number of hydrogen-bond acceptors (Lipinski definition) is 3. The third-order valence-corrected chi connectivity index (χ3v) is 2.09. The van der Waals surface area contributed by atoms with Gasteiger partial charge in [0.05, 0.1) is 12.4 Å². The van der Waals surface area contributed by atoms with E-state index in [2.05, 4.69) is 15.9 Å². The summed E-state index contributed by atoms with van der Waals surface area (Å²) in [7, 11) is 0. The number of furan rings is 1. The molecule has 3 nitrogen and oxygen atoms in total. The monoisotopic (exact) mass is 219 g/mol. The number of hydrogen-bond donors (Lipinski definition) is 2. The summed E-state index contributed by atoms with van der Waals surface area (Å²) >= 11 is 3.17. The molecular weight excluding hydrogens is 210 g/mol. The summed E-state index contributed by atoms with van der Waals surface area (Å²) in [5.41, 5.74) is 6.04. The molecule has 0 aromatic carbocycles. The second-order valence-electron chi connectivity index (χ2n) is 2.24. The highest BCUT2D eigenvalue weighted by Crippen LogP contribution is 2.25. The Bertz CT molecular complexity index is 224. The maximum Gasteiger partial charge on any atom is 0.174 e.